The molecular formula is C23H21N3O4S2. The third-order valence-electron chi connectivity index (χ3n) is 4.77. The Kier molecular flexibility index (Phi) is 6.87. The predicted octanol–water partition coefficient (Wildman–Crippen LogP) is 4.11. The van der Waals surface area contributed by atoms with Gasteiger partial charge in [-0.05, 0) is 30.7 Å². The van der Waals surface area contributed by atoms with Crippen molar-refractivity contribution in [2.45, 2.75) is 22.2 Å². The lowest BCUT2D eigenvalue weighted by Crippen LogP contribution is -2.26. The number of sulfone groups is 1. The van der Waals surface area contributed by atoms with Crippen molar-refractivity contribution in [1.29, 1.82) is 0 Å². The molecule has 1 amide bonds. The summed E-state index contributed by atoms with van der Waals surface area (Å²) in [6.07, 6.45) is 3.63. The summed E-state index contributed by atoms with van der Waals surface area (Å²) >= 11 is 1.41. The Bertz CT molecular complexity index is 1310. The quantitative estimate of drug-likeness (QED) is 0.224. The lowest BCUT2D eigenvalue weighted by molar-refractivity contribution is 0.0927. The SMILES string of the molecule is O=C(NCCCS(=O)(=O)c1ccccc1)c1oc2ccccc2c1CSc1ncccn1. The zero-order valence-corrected chi connectivity index (χ0v) is 18.7. The molecule has 0 fully saturated rings. The third-order valence-corrected chi connectivity index (χ3v) is 7.49. The number of rotatable bonds is 9. The van der Waals surface area contributed by atoms with Crippen LogP contribution in [0.2, 0.25) is 0 Å². The predicted molar refractivity (Wildman–Crippen MR) is 123 cm³/mol. The number of nitrogens with one attached hydrogen (secondary N) is 1. The molecule has 9 heteroatoms. The lowest BCUT2D eigenvalue weighted by Gasteiger charge is -2.07. The summed E-state index contributed by atoms with van der Waals surface area (Å²) in [5.74, 6) is 0.265. The minimum atomic E-state index is -3.38. The molecule has 0 saturated heterocycles. The van der Waals surface area contributed by atoms with Gasteiger partial charge >= 0.3 is 0 Å². The Morgan fingerprint density at radius 3 is 2.47 bits per heavy atom. The zero-order chi connectivity index (χ0) is 22.4. The van der Waals surface area contributed by atoms with Crippen LogP contribution >= 0.6 is 11.8 Å². The number of hydrogen-bond donors (Lipinski definition) is 1. The number of hydrogen-bond acceptors (Lipinski definition) is 7. The molecule has 0 bridgehead atoms. The molecule has 2 aromatic heterocycles. The second-order valence-electron chi connectivity index (χ2n) is 6.97. The Labute approximate surface area is 190 Å². The maximum absolute atomic E-state index is 12.8. The van der Waals surface area contributed by atoms with Crippen molar-refractivity contribution in [3.8, 4) is 0 Å². The highest BCUT2D eigenvalue weighted by atomic mass is 32.2. The molecular weight excluding hydrogens is 446 g/mol. The average molecular weight is 468 g/mol. The number of carbonyl (C=O) groups is 1. The molecule has 0 aliphatic rings. The Hall–Kier alpha value is -3.17. The molecule has 32 heavy (non-hydrogen) atoms. The summed E-state index contributed by atoms with van der Waals surface area (Å²) in [7, 11) is -3.38. The number of carbonyl (C=O) groups excluding carboxylic acids is 1. The lowest BCUT2D eigenvalue weighted by atomic mass is 10.1. The van der Waals surface area contributed by atoms with Gasteiger partial charge in [-0.2, -0.15) is 0 Å². The number of nitrogens with zero attached hydrogens (tertiary/aromatic N) is 2. The van der Waals surface area contributed by atoms with Crippen LogP contribution in [0.4, 0.5) is 0 Å². The number of furan rings is 1. The molecule has 0 aliphatic heterocycles. The minimum absolute atomic E-state index is 0.0501. The van der Waals surface area contributed by atoms with E-state index in [1.807, 2.05) is 24.3 Å². The number of amides is 1. The highest BCUT2D eigenvalue weighted by Gasteiger charge is 2.21. The Morgan fingerprint density at radius 1 is 0.969 bits per heavy atom. The fraction of sp³-hybridized carbons (Fsp3) is 0.174. The largest absolute Gasteiger partial charge is 0.451 e. The van der Waals surface area contributed by atoms with Gasteiger partial charge in [0.2, 0.25) is 0 Å². The van der Waals surface area contributed by atoms with Gasteiger partial charge in [0.05, 0.1) is 10.6 Å². The number of para-hydroxylation sites is 1. The van der Waals surface area contributed by atoms with Crippen LogP contribution in [0.15, 0.2) is 87.5 Å². The Morgan fingerprint density at radius 2 is 1.69 bits per heavy atom. The van der Waals surface area contributed by atoms with Crippen LogP contribution in [0.3, 0.4) is 0 Å². The normalized spacial score (nSPS) is 11.5. The zero-order valence-electron chi connectivity index (χ0n) is 17.1. The molecule has 7 nitrogen and oxygen atoms in total. The highest BCUT2D eigenvalue weighted by molar-refractivity contribution is 7.98. The van der Waals surface area contributed by atoms with Crippen LogP contribution in [0, 0.1) is 0 Å². The van der Waals surface area contributed by atoms with Gasteiger partial charge in [0, 0.05) is 35.6 Å². The third kappa shape index (κ3) is 5.17. The number of benzene rings is 2. The summed E-state index contributed by atoms with van der Waals surface area (Å²) in [6.45, 7) is 0.219. The van der Waals surface area contributed by atoms with Crippen LogP contribution < -0.4 is 5.32 Å². The first kappa shape index (κ1) is 22.0. The van der Waals surface area contributed by atoms with Gasteiger partial charge in [0.25, 0.3) is 5.91 Å². The fourth-order valence-corrected chi connectivity index (χ4v) is 5.37. The van der Waals surface area contributed by atoms with Crippen LogP contribution in [0.25, 0.3) is 11.0 Å². The van der Waals surface area contributed by atoms with E-state index in [-0.39, 0.29) is 28.9 Å². The standard InChI is InChI=1S/C23H21N3O4S2/c27-22(24-14-7-15-32(28,29)17-8-2-1-3-9-17)21-19(16-31-23-25-12-6-13-26-23)18-10-4-5-11-20(18)30-21/h1-6,8-13H,7,14-16H2,(H,24,27). The van der Waals surface area contributed by atoms with Gasteiger partial charge in [-0.1, -0.05) is 48.2 Å². The maximum atomic E-state index is 12.8. The van der Waals surface area contributed by atoms with E-state index in [1.54, 1.807) is 48.8 Å². The number of aromatic nitrogens is 2. The molecule has 0 saturated carbocycles. The molecule has 0 unspecified atom stereocenters. The van der Waals surface area contributed by atoms with E-state index < -0.39 is 9.84 Å². The van der Waals surface area contributed by atoms with Crippen molar-refractivity contribution in [1.82, 2.24) is 15.3 Å². The van der Waals surface area contributed by atoms with Gasteiger partial charge in [-0.15, -0.1) is 0 Å². The second kappa shape index (κ2) is 9.97. The number of thioether (sulfide) groups is 1. The van der Waals surface area contributed by atoms with Gasteiger partial charge < -0.3 is 9.73 Å². The first-order valence-electron chi connectivity index (χ1n) is 10.0. The van der Waals surface area contributed by atoms with Crippen molar-refractivity contribution in [2.24, 2.45) is 0 Å². The van der Waals surface area contributed by atoms with E-state index >= 15 is 0 Å². The summed E-state index contributed by atoms with van der Waals surface area (Å²) in [5.41, 5.74) is 1.38. The highest BCUT2D eigenvalue weighted by Crippen LogP contribution is 2.31. The molecule has 164 valence electrons. The monoisotopic (exact) mass is 467 g/mol. The Balaban J connectivity index is 1.43. The smallest absolute Gasteiger partial charge is 0.287 e. The summed E-state index contributed by atoms with van der Waals surface area (Å²) in [4.78, 5) is 21.5. The van der Waals surface area contributed by atoms with E-state index in [0.717, 1.165) is 10.9 Å². The molecule has 2 aromatic carbocycles. The van der Waals surface area contributed by atoms with Crippen molar-refractivity contribution in [2.75, 3.05) is 12.3 Å². The van der Waals surface area contributed by atoms with Crippen molar-refractivity contribution < 1.29 is 17.6 Å². The average Bonchev–Trinajstić information content (AvgIpc) is 3.20. The van der Waals surface area contributed by atoms with Crippen LogP contribution in [-0.2, 0) is 15.6 Å². The molecule has 1 N–H and O–H groups in total. The van der Waals surface area contributed by atoms with Gasteiger partial charge in [0.15, 0.2) is 20.8 Å². The molecule has 4 rings (SSSR count). The molecule has 0 aliphatic carbocycles. The van der Waals surface area contributed by atoms with Gasteiger partial charge in [-0.25, -0.2) is 18.4 Å². The first-order valence-corrected chi connectivity index (χ1v) is 12.6. The molecule has 0 radical (unpaired) electrons. The van der Waals surface area contributed by atoms with Crippen LogP contribution in [0.5, 0.6) is 0 Å². The van der Waals surface area contributed by atoms with Crippen molar-refractivity contribution in [3.63, 3.8) is 0 Å². The summed E-state index contributed by atoms with van der Waals surface area (Å²) in [5, 5.41) is 4.25. The van der Waals surface area contributed by atoms with Gasteiger partial charge in [-0.3, -0.25) is 4.79 Å². The maximum Gasteiger partial charge on any atom is 0.287 e. The minimum Gasteiger partial charge on any atom is -0.451 e. The summed E-state index contributed by atoms with van der Waals surface area (Å²) in [6, 6.07) is 17.5. The molecule has 4 aromatic rings. The van der Waals surface area contributed by atoms with Crippen molar-refractivity contribution >= 4 is 38.5 Å². The molecule has 0 atom stereocenters. The van der Waals surface area contributed by atoms with E-state index in [2.05, 4.69) is 15.3 Å². The second-order valence-corrected chi connectivity index (χ2v) is 10.0. The van der Waals surface area contributed by atoms with E-state index in [0.29, 0.717) is 22.9 Å². The van der Waals surface area contributed by atoms with E-state index in [4.69, 9.17) is 4.42 Å². The number of fused-ring (bicyclic) bond motifs is 1. The summed E-state index contributed by atoms with van der Waals surface area (Å²) < 4.78 is 30.6. The van der Waals surface area contributed by atoms with E-state index in [9.17, 15) is 13.2 Å². The fourth-order valence-electron chi connectivity index (χ4n) is 3.21. The van der Waals surface area contributed by atoms with Gasteiger partial charge in [0.1, 0.15) is 5.58 Å². The van der Waals surface area contributed by atoms with Crippen LogP contribution in [-0.4, -0.2) is 36.6 Å². The van der Waals surface area contributed by atoms with Crippen LogP contribution in [0.1, 0.15) is 22.5 Å². The topological polar surface area (TPSA) is 102 Å². The molecule has 2 heterocycles. The first-order chi connectivity index (χ1) is 15.5. The van der Waals surface area contributed by atoms with E-state index in [1.165, 1.54) is 11.8 Å². The van der Waals surface area contributed by atoms with Crippen molar-refractivity contribution in [3.05, 3.63) is 84.4 Å². The molecule has 0 spiro atoms.